The molecule has 9 heteroatoms. The van der Waals surface area contributed by atoms with Crippen molar-refractivity contribution in [2.24, 2.45) is 0 Å². The van der Waals surface area contributed by atoms with Gasteiger partial charge >= 0.3 is 0 Å². The minimum absolute atomic E-state index is 0.184. The Morgan fingerprint density at radius 1 is 0.842 bits per heavy atom. The number of amides is 2. The smallest absolute Gasteiger partial charge is 0.251 e. The first-order chi connectivity index (χ1) is 18.6. The molecule has 8 nitrogen and oxygen atoms in total. The van der Waals surface area contributed by atoms with Gasteiger partial charge in [-0.1, -0.05) is 72.0 Å². The summed E-state index contributed by atoms with van der Waals surface area (Å²) < 4.78 is 10.8. The summed E-state index contributed by atoms with van der Waals surface area (Å²) in [6.45, 7) is 0.184. The zero-order valence-electron chi connectivity index (χ0n) is 20.1. The van der Waals surface area contributed by atoms with E-state index < -0.39 is 6.04 Å². The third-order valence-electron chi connectivity index (χ3n) is 6.19. The number of anilines is 1. The minimum atomic E-state index is -0.825. The summed E-state index contributed by atoms with van der Waals surface area (Å²) in [5.41, 5.74) is 2.21. The van der Waals surface area contributed by atoms with Crippen molar-refractivity contribution in [2.45, 2.75) is 12.5 Å². The molecule has 0 saturated carbocycles. The average molecular weight is 523 g/mol. The fourth-order valence-electron chi connectivity index (χ4n) is 4.24. The summed E-state index contributed by atoms with van der Waals surface area (Å²) in [5, 5.41) is 17.0. The van der Waals surface area contributed by atoms with Crippen molar-refractivity contribution in [1.82, 2.24) is 15.5 Å². The molecule has 1 aliphatic rings. The van der Waals surface area contributed by atoms with E-state index >= 15 is 0 Å². The molecule has 0 bridgehead atoms. The summed E-state index contributed by atoms with van der Waals surface area (Å²) in [4.78, 5) is 26.6. The Bertz CT molecular complexity index is 1640. The lowest BCUT2D eigenvalue weighted by Crippen LogP contribution is -2.45. The molecule has 1 aromatic heterocycles. The number of hydrogen-bond acceptors (Lipinski definition) is 7. The Morgan fingerprint density at radius 3 is 2.50 bits per heavy atom. The molecule has 1 unspecified atom stereocenters. The molecule has 4 aromatic carbocycles. The van der Waals surface area contributed by atoms with Gasteiger partial charge in [-0.2, -0.15) is 0 Å². The fraction of sp³-hybridized carbons (Fsp3) is 0.103. The molecule has 0 saturated heterocycles. The number of carbonyl (C=O) groups excluding carboxylic acids is 2. The Labute approximate surface area is 222 Å². The van der Waals surface area contributed by atoms with Gasteiger partial charge in [0.15, 0.2) is 11.5 Å². The van der Waals surface area contributed by atoms with Crippen LogP contribution in [0.2, 0.25) is 0 Å². The molecule has 5 aromatic rings. The van der Waals surface area contributed by atoms with E-state index in [-0.39, 0.29) is 18.6 Å². The SMILES string of the molecule is O=C(NC(Cc1ccccc1)C(=O)Nc1nnc(-c2ccc3c(c2)OCO3)s1)c1ccc2ccccc2c1. The molecule has 1 atom stereocenters. The molecule has 2 heterocycles. The monoisotopic (exact) mass is 522 g/mol. The van der Waals surface area contributed by atoms with Crippen molar-refractivity contribution >= 4 is 39.1 Å². The minimum Gasteiger partial charge on any atom is -0.454 e. The van der Waals surface area contributed by atoms with Crippen LogP contribution in [0.5, 0.6) is 11.5 Å². The number of rotatable bonds is 7. The van der Waals surface area contributed by atoms with E-state index in [9.17, 15) is 9.59 Å². The van der Waals surface area contributed by atoms with Crippen LogP contribution in [0.15, 0.2) is 91.0 Å². The van der Waals surface area contributed by atoms with Gasteiger partial charge in [0, 0.05) is 17.5 Å². The number of carbonyl (C=O) groups is 2. The molecule has 1 aliphatic heterocycles. The first-order valence-electron chi connectivity index (χ1n) is 12.0. The highest BCUT2D eigenvalue weighted by molar-refractivity contribution is 7.18. The maximum absolute atomic E-state index is 13.4. The summed E-state index contributed by atoms with van der Waals surface area (Å²) in [6, 6.07) is 27.5. The number of aromatic nitrogens is 2. The van der Waals surface area contributed by atoms with E-state index in [1.807, 2.05) is 84.9 Å². The fourth-order valence-corrected chi connectivity index (χ4v) is 4.99. The zero-order chi connectivity index (χ0) is 25.9. The average Bonchev–Trinajstić information content (AvgIpc) is 3.62. The van der Waals surface area contributed by atoms with Crippen LogP contribution >= 0.6 is 11.3 Å². The summed E-state index contributed by atoms with van der Waals surface area (Å²) in [5.74, 6) is 0.613. The topological polar surface area (TPSA) is 102 Å². The number of benzene rings is 4. The van der Waals surface area contributed by atoms with Gasteiger partial charge in [0.25, 0.3) is 5.91 Å². The van der Waals surface area contributed by atoms with Crippen molar-refractivity contribution in [1.29, 1.82) is 0 Å². The maximum Gasteiger partial charge on any atom is 0.251 e. The van der Waals surface area contributed by atoms with Gasteiger partial charge < -0.3 is 14.8 Å². The predicted molar refractivity (Wildman–Crippen MR) is 145 cm³/mol. The Balaban J connectivity index is 1.21. The van der Waals surface area contributed by atoms with Gasteiger partial charge in [-0.05, 0) is 46.7 Å². The molecule has 188 valence electrons. The van der Waals surface area contributed by atoms with Crippen LogP contribution in [-0.2, 0) is 11.2 Å². The molecule has 2 N–H and O–H groups in total. The number of fused-ring (bicyclic) bond motifs is 2. The van der Waals surface area contributed by atoms with E-state index in [2.05, 4.69) is 20.8 Å². The van der Waals surface area contributed by atoms with Gasteiger partial charge in [-0.25, -0.2) is 0 Å². The summed E-state index contributed by atoms with van der Waals surface area (Å²) in [6.07, 6.45) is 0.319. The summed E-state index contributed by atoms with van der Waals surface area (Å²) in [7, 11) is 0. The lowest BCUT2D eigenvalue weighted by molar-refractivity contribution is -0.118. The van der Waals surface area contributed by atoms with Crippen LogP contribution in [0.25, 0.3) is 21.3 Å². The van der Waals surface area contributed by atoms with Gasteiger partial charge in [-0.15, -0.1) is 10.2 Å². The van der Waals surface area contributed by atoms with E-state index in [1.54, 1.807) is 6.07 Å². The van der Waals surface area contributed by atoms with Crippen molar-refractivity contribution in [2.75, 3.05) is 12.1 Å². The zero-order valence-corrected chi connectivity index (χ0v) is 20.9. The van der Waals surface area contributed by atoms with Gasteiger partial charge in [-0.3, -0.25) is 14.9 Å². The maximum atomic E-state index is 13.4. The third-order valence-corrected chi connectivity index (χ3v) is 7.08. The Kier molecular flexibility index (Phi) is 6.41. The van der Waals surface area contributed by atoms with Crippen molar-refractivity contribution in [3.05, 3.63) is 102 Å². The lowest BCUT2D eigenvalue weighted by Gasteiger charge is -2.18. The number of nitrogens with one attached hydrogen (secondary N) is 2. The summed E-state index contributed by atoms with van der Waals surface area (Å²) >= 11 is 1.24. The molecule has 0 spiro atoms. The van der Waals surface area contributed by atoms with Crippen LogP contribution < -0.4 is 20.1 Å². The molecular formula is C29H22N4O4S. The van der Waals surface area contributed by atoms with Crippen LogP contribution in [0.4, 0.5) is 5.13 Å². The molecule has 38 heavy (non-hydrogen) atoms. The van der Waals surface area contributed by atoms with Crippen LogP contribution in [0.3, 0.4) is 0 Å². The molecular weight excluding hydrogens is 500 g/mol. The second kappa shape index (κ2) is 10.3. The first-order valence-corrected chi connectivity index (χ1v) is 12.8. The van der Waals surface area contributed by atoms with Crippen LogP contribution in [-0.4, -0.2) is 34.8 Å². The number of ether oxygens (including phenoxy) is 2. The highest BCUT2D eigenvalue weighted by atomic mass is 32.1. The Hall–Kier alpha value is -4.76. The second-order valence-corrected chi connectivity index (χ2v) is 9.72. The highest BCUT2D eigenvalue weighted by Crippen LogP contribution is 2.37. The van der Waals surface area contributed by atoms with E-state index in [0.717, 1.165) is 21.9 Å². The second-order valence-electron chi connectivity index (χ2n) is 8.75. The van der Waals surface area contributed by atoms with Crippen molar-refractivity contribution < 1.29 is 19.1 Å². The first kappa shape index (κ1) is 23.6. The largest absolute Gasteiger partial charge is 0.454 e. The van der Waals surface area contributed by atoms with E-state index in [0.29, 0.717) is 33.6 Å². The van der Waals surface area contributed by atoms with E-state index in [4.69, 9.17) is 9.47 Å². The van der Waals surface area contributed by atoms with Crippen LogP contribution in [0.1, 0.15) is 15.9 Å². The molecule has 0 radical (unpaired) electrons. The number of hydrogen-bond donors (Lipinski definition) is 2. The molecule has 2 amide bonds. The van der Waals surface area contributed by atoms with Crippen LogP contribution in [0, 0.1) is 0 Å². The predicted octanol–water partition coefficient (Wildman–Crippen LogP) is 5.07. The standard InChI is InChI=1S/C29H22N4O4S/c34-26(21-11-10-19-8-4-5-9-20(19)15-21)30-23(14-18-6-2-1-3-7-18)27(35)31-29-33-32-28(38-29)22-12-13-24-25(16-22)37-17-36-24/h1-13,15-16,23H,14,17H2,(H,30,34)(H,31,33,35). The van der Waals surface area contributed by atoms with Gasteiger partial charge in [0.05, 0.1) is 0 Å². The molecule has 6 rings (SSSR count). The number of nitrogens with zero attached hydrogens (tertiary/aromatic N) is 2. The Morgan fingerprint density at radius 2 is 1.63 bits per heavy atom. The highest BCUT2D eigenvalue weighted by Gasteiger charge is 2.24. The quantitative estimate of drug-likeness (QED) is 0.310. The lowest BCUT2D eigenvalue weighted by atomic mass is 10.0. The van der Waals surface area contributed by atoms with Gasteiger partial charge in [0.2, 0.25) is 17.8 Å². The molecule has 0 aliphatic carbocycles. The van der Waals surface area contributed by atoms with E-state index in [1.165, 1.54) is 11.3 Å². The van der Waals surface area contributed by atoms with Gasteiger partial charge in [0.1, 0.15) is 11.0 Å². The van der Waals surface area contributed by atoms with Crippen molar-refractivity contribution in [3.8, 4) is 22.1 Å². The van der Waals surface area contributed by atoms with Crippen molar-refractivity contribution in [3.63, 3.8) is 0 Å². The molecule has 0 fully saturated rings. The normalized spacial score (nSPS) is 12.7. The third kappa shape index (κ3) is 5.05.